The molecule has 1 fully saturated rings. The van der Waals surface area contributed by atoms with Gasteiger partial charge in [0.15, 0.2) is 0 Å². The van der Waals surface area contributed by atoms with Gasteiger partial charge in [0.2, 0.25) is 11.6 Å². The summed E-state index contributed by atoms with van der Waals surface area (Å²) in [4.78, 5) is 28.4. The van der Waals surface area contributed by atoms with Crippen LogP contribution in [0.1, 0.15) is 54.4 Å². The molecule has 0 unspecified atom stereocenters. The topological polar surface area (TPSA) is 46.5 Å². The third-order valence-electron chi connectivity index (χ3n) is 3.98. The molecule has 19 heavy (non-hydrogen) atoms. The van der Waals surface area contributed by atoms with Crippen molar-refractivity contribution < 1.29 is 9.59 Å². The smallest absolute Gasteiger partial charge is 0.229 e. The van der Waals surface area contributed by atoms with E-state index in [0.29, 0.717) is 11.6 Å². The first-order valence-electron chi connectivity index (χ1n) is 6.99. The van der Waals surface area contributed by atoms with Gasteiger partial charge in [0.1, 0.15) is 0 Å². The molecule has 2 aliphatic rings. The number of Topliss-reactive ketones (excluding diaryl/α,β-unsaturated/α-hetero) is 2. The summed E-state index contributed by atoms with van der Waals surface area (Å²) in [6.45, 7) is 0. The lowest BCUT2D eigenvalue weighted by molar-refractivity contribution is -0.114. The third kappa shape index (κ3) is 2.37. The summed E-state index contributed by atoms with van der Waals surface area (Å²) in [6.07, 6.45) is 6.11. The first kappa shape index (κ1) is 12.3. The maximum Gasteiger partial charge on any atom is 0.229 e. The Morgan fingerprint density at radius 1 is 0.947 bits per heavy atom. The minimum absolute atomic E-state index is 0.173. The van der Waals surface area contributed by atoms with Crippen molar-refractivity contribution in [2.45, 2.75) is 44.6 Å². The fourth-order valence-corrected chi connectivity index (χ4v) is 2.96. The number of carbonyl (C=O) groups is 2. The van der Waals surface area contributed by atoms with Crippen molar-refractivity contribution in [3.05, 3.63) is 35.4 Å². The highest BCUT2D eigenvalue weighted by Crippen LogP contribution is 2.25. The van der Waals surface area contributed by atoms with Gasteiger partial charge in [0.05, 0.1) is 18.2 Å². The predicted octanol–water partition coefficient (Wildman–Crippen LogP) is 2.96. The van der Waals surface area contributed by atoms with Crippen LogP contribution in [0.25, 0.3) is 0 Å². The standard InChI is InChI=1S/C16H17NO2/c18-15-10-14(17-11-6-2-1-3-7-11)12-8-4-5-9-13(12)16(15)19/h4-5,8-9,11H,1-3,6-7,10H2. The number of benzene rings is 1. The minimum Gasteiger partial charge on any atom is -0.290 e. The van der Waals surface area contributed by atoms with Gasteiger partial charge >= 0.3 is 0 Å². The largest absolute Gasteiger partial charge is 0.290 e. The Morgan fingerprint density at radius 2 is 1.63 bits per heavy atom. The van der Waals surface area contributed by atoms with E-state index in [1.54, 1.807) is 12.1 Å². The van der Waals surface area contributed by atoms with E-state index in [9.17, 15) is 9.59 Å². The van der Waals surface area contributed by atoms with Crippen molar-refractivity contribution in [2.24, 2.45) is 4.99 Å². The number of aliphatic imine (C=N–C) groups is 1. The monoisotopic (exact) mass is 255 g/mol. The van der Waals surface area contributed by atoms with Crippen LogP contribution in [0.3, 0.4) is 0 Å². The van der Waals surface area contributed by atoms with Crippen LogP contribution in [0.2, 0.25) is 0 Å². The second kappa shape index (κ2) is 5.08. The first-order valence-corrected chi connectivity index (χ1v) is 6.99. The number of fused-ring (bicyclic) bond motifs is 1. The summed E-state index contributed by atoms with van der Waals surface area (Å²) in [5.74, 6) is -0.688. The molecule has 0 N–H and O–H groups in total. The van der Waals surface area contributed by atoms with Crippen LogP contribution in [0.15, 0.2) is 29.3 Å². The molecule has 1 aromatic rings. The van der Waals surface area contributed by atoms with Gasteiger partial charge in [-0.1, -0.05) is 43.5 Å². The maximum absolute atomic E-state index is 11.8. The van der Waals surface area contributed by atoms with E-state index in [2.05, 4.69) is 0 Å². The second-order valence-corrected chi connectivity index (χ2v) is 5.34. The molecule has 3 heteroatoms. The lowest BCUT2D eigenvalue weighted by Crippen LogP contribution is -2.28. The van der Waals surface area contributed by atoms with E-state index in [0.717, 1.165) is 24.1 Å². The van der Waals surface area contributed by atoms with Gasteiger partial charge in [0, 0.05) is 11.1 Å². The number of hydrogen-bond acceptors (Lipinski definition) is 3. The van der Waals surface area contributed by atoms with E-state index < -0.39 is 0 Å². The Labute approximate surface area is 112 Å². The zero-order chi connectivity index (χ0) is 13.2. The van der Waals surface area contributed by atoms with Crippen molar-refractivity contribution in [1.29, 1.82) is 0 Å². The summed E-state index contributed by atoms with van der Waals surface area (Å²) in [5.41, 5.74) is 2.19. The van der Waals surface area contributed by atoms with Crippen LogP contribution in [0.5, 0.6) is 0 Å². The number of carbonyl (C=O) groups excluding carboxylic acids is 2. The number of hydrogen-bond donors (Lipinski definition) is 0. The molecular formula is C16H17NO2. The van der Waals surface area contributed by atoms with Crippen LogP contribution in [0, 0.1) is 0 Å². The Hall–Kier alpha value is -1.77. The molecule has 2 aliphatic carbocycles. The Bertz CT molecular complexity index is 554. The van der Waals surface area contributed by atoms with Crippen molar-refractivity contribution in [1.82, 2.24) is 0 Å². The summed E-state index contributed by atoms with van der Waals surface area (Å²) in [5, 5.41) is 0. The highest BCUT2D eigenvalue weighted by Gasteiger charge is 2.29. The van der Waals surface area contributed by atoms with Crippen LogP contribution in [-0.4, -0.2) is 23.3 Å². The normalized spacial score (nSPS) is 22.6. The van der Waals surface area contributed by atoms with Crippen molar-refractivity contribution in [2.75, 3.05) is 0 Å². The van der Waals surface area contributed by atoms with E-state index in [4.69, 9.17) is 4.99 Å². The molecule has 3 rings (SSSR count). The van der Waals surface area contributed by atoms with E-state index >= 15 is 0 Å². The van der Waals surface area contributed by atoms with Gasteiger partial charge in [-0.2, -0.15) is 0 Å². The molecule has 0 amide bonds. The Morgan fingerprint density at radius 3 is 2.37 bits per heavy atom. The molecule has 3 nitrogen and oxygen atoms in total. The second-order valence-electron chi connectivity index (χ2n) is 5.34. The van der Waals surface area contributed by atoms with Gasteiger partial charge in [-0.15, -0.1) is 0 Å². The molecule has 0 heterocycles. The molecule has 98 valence electrons. The van der Waals surface area contributed by atoms with Crippen LogP contribution >= 0.6 is 0 Å². The molecule has 0 aliphatic heterocycles. The minimum atomic E-state index is -0.363. The predicted molar refractivity (Wildman–Crippen MR) is 73.8 cm³/mol. The number of rotatable bonds is 1. The lowest BCUT2D eigenvalue weighted by atomic mass is 9.87. The van der Waals surface area contributed by atoms with E-state index in [1.165, 1.54) is 19.3 Å². The summed E-state index contributed by atoms with van der Waals surface area (Å²) < 4.78 is 0. The Balaban J connectivity index is 1.98. The summed E-state index contributed by atoms with van der Waals surface area (Å²) in [7, 11) is 0. The molecule has 0 radical (unpaired) electrons. The van der Waals surface area contributed by atoms with Gasteiger partial charge in [-0.05, 0) is 12.8 Å². The quantitative estimate of drug-likeness (QED) is 0.724. The molecule has 0 spiro atoms. The van der Waals surface area contributed by atoms with Gasteiger partial charge in [-0.3, -0.25) is 14.6 Å². The highest BCUT2D eigenvalue weighted by molar-refractivity contribution is 6.51. The highest BCUT2D eigenvalue weighted by atomic mass is 16.2. The molecule has 0 saturated heterocycles. The van der Waals surface area contributed by atoms with Crippen molar-refractivity contribution in [3.63, 3.8) is 0 Å². The SMILES string of the molecule is O=C1CC(=NC2CCCCC2)c2ccccc2C1=O. The average molecular weight is 255 g/mol. The molecule has 0 aromatic heterocycles. The first-order chi connectivity index (χ1) is 9.25. The van der Waals surface area contributed by atoms with E-state index in [1.807, 2.05) is 12.1 Å². The molecular weight excluding hydrogens is 238 g/mol. The molecule has 0 bridgehead atoms. The zero-order valence-electron chi connectivity index (χ0n) is 10.9. The molecule has 1 aromatic carbocycles. The molecule has 1 saturated carbocycles. The van der Waals surface area contributed by atoms with Crippen LogP contribution < -0.4 is 0 Å². The maximum atomic E-state index is 11.8. The van der Waals surface area contributed by atoms with Crippen molar-refractivity contribution >= 4 is 17.3 Å². The van der Waals surface area contributed by atoms with E-state index in [-0.39, 0.29) is 18.0 Å². The Kier molecular flexibility index (Phi) is 3.28. The van der Waals surface area contributed by atoms with Gasteiger partial charge in [0.25, 0.3) is 0 Å². The molecule has 0 atom stereocenters. The summed E-state index contributed by atoms with van der Waals surface area (Å²) >= 11 is 0. The van der Waals surface area contributed by atoms with Crippen molar-refractivity contribution in [3.8, 4) is 0 Å². The zero-order valence-corrected chi connectivity index (χ0v) is 10.9. The number of nitrogens with zero attached hydrogens (tertiary/aromatic N) is 1. The number of ketones is 2. The van der Waals surface area contributed by atoms with Gasteiger partial charge < -0.3 is 0 Å². The van der Waals surface area contributed by atoms with Crippen LogP contribution in [-0.2, 0) is 4.79 Å². The average Bonchev–Trinajstić information content (AvgIpc) is 2.46. The summed E-state index contributed by atoms with van der Waals surface area (Å²) in [6, 6.07) is 7.66. The fourth-order valence-electron chi connectivity index (χ4n) is 2.96. The third-order valence-corrected chi connectivity index (χ3v) is 3.98. The fraction of sp³-hybridized carbons (Fsp3) is 0.438. The van der Waals surface area contributed by atoms with Crippen LogP contribution in [0.4, 0.5) is 0 Å². The van der Waals surface area contributed by atoms with Gasteiger partial charge in [-0.25, -0.2) is 0 Å². The lowest BCUT2D eigenvalue weighted by Gasteiger charge is -2.22.